The Kier molecular flexibility index (Phi) is 4.83. The highest BCUT2D eigenvalue weighted by Crippen LogP contribution is 2.27. The normalized spacial score (nSPS) is 17.5. The number of benzene rings is 1. The van der Waals surface area contributed by atoms with Gasteiger partial charge in [0.25, 0.3) is 0 Å². The minimum atomic E-state index is -0.112. The predicted octanol–water partition coefficient (Wildman–Crippen LogP) is 0.950. The molecule has 2 aliphatic rings. The number of para-hydroxylation sites is 1. The fourth-order valence-corrected chi connectivity index (χ4v) is 3.46. The van der Waals surface area contributed by atoms with Crippen LogP contribution in [-0.4, -0.2) is 48.8 Å². The van der Waals surface area contributed by atoms with Crippen molar-refractivity contribution in [2.45, 2.75) is 26.2 Å². The van der Waals surface area contributed by atoms with Gasteiger partial charge in [-0.3, -0.25) is 14.4 Å². The molecule has 128 valence electrons. The summed E-state index contributed by atoms with van der Waals surface area (Å²) in [6, 6.07) is 7.87. The third-order valence-electron chi connectivity index (χ3n) is 4.91. The molecule has 1 saturated heterocycles. The highest BCUT2D eigenvalue weighted by molar-refractivity contribution is 5.98. The van der Waals surface area contributed by atoms with E-state index in [-0.39, 0.29) is 30.2 Å². The van der Waals surface area contributed by atoms with Crippen LogP contribution in [0.15, 0.2) is 24.3 Å². The molecule has 0 saturated carbocycles. The van der Waals surface area contributed by atoms with E-state index in [1.807, 2.05) is 24.3 Å². The topological polar surface area (TPSA) is 69.7 Å². The molecule has 0 aliphatic carbocycles. The Bertz CT molecular complexity index is 651. The number of anilines is 1. The zero-order valence-corrected chi connectivity index (χ0v) is 14.0. The first kappa shape index (κ1) is 16.5. The Hall–Kier alpha value is -2.37. The molecule has 1 aromatic rings. The number of piperidine rings is 1. The number of rotatable bonds is 3. The van der Waals surface area contributed by atoms with E-state index >= 15 is 0 Å². The van der Waals surface area contributed by atoms with Crippen molar-refractivity contribution >= 4 is 23.4 Å². The number of fused-ring (bicyclic) bond motifs is 1. The van der Waals surface area contributed by atoms with Gasteiger partial charge >= 0.3 is 0 Å². The van der Waals surface area contributed by atoms with Gasteiger partial charge < -0.3 is 15.1 Å². The van der Waals surface area contributed by atoms with E-state index in [0.717, 1.165) is 12.1 Å². The highest BCUT2D eigenvalue weighted by Gasteiger charge is 2.28. The van der Waals surface area contributed by atoms with Crippen LogP contribution in [-0.2, 0) is 20.8 Å². The summed E-state index contributed by atoms with van der Waals surface area (Å²) in [6.45, 7) is 3.47. The second kappa shape index (κ2) is 7.03. The Morgan fingerprint density at radius 1 is 1.12 bits per heavy atom. The first-order valence-electron chi connectivity index (χ1n) is 8.48. The third kappa shape index (κ3) is 3.42. The molecule has 0 radical (unpaired) electrons. The van der Waals surface area contributed by atoms with Crippen molar-refractivity contribution in [2.24, 2.45) is 5.92 Å². The predicted molar refractivity (Wildman–Crippen MR) is 90.5 cm³/mol. The molecule has 2 aliphatic heterocycles. The fraction of sp³-hybridized carbons (Fsp3) is 0.500. The van der Waals surface area contributed by atoms with Crippen LogP contribution in [0.2, 0.25) is 0 Å². The van der Waals surface area contributed by atoms with E-state index in [0.29, 0.717) is 32.5 Å². The summed E-state index contributed by atoms with van der Waals surface area (Å²) in [5.74, 6) is -0.218. The van der Waals surface area contributed by atoms with Crippen LogP contribution in [0.3, 0.4) is 0 Å². The molecule has 3 amide bonds. The smallest absolute Gasteiger partial charge is 0.246 e. The van der Waals surface area contributed by atoms with Gasteiger partial charge in [0.1, 0.15) is 0 Å². The summed E-state index contributed by atoms with van der Waals surface area (Å²) < 4.78 is 0. The minimum Gasteiger partial charge on any atom is -0.347 e. The zero-order valence-electron chi connectivity index (χ0n) is 14.0. The van der Waals surface area contributed by atoms with E-state index < -0.39 is 0 Å². The van der Waals surface area contributed by atoms with Crippen LogP contribution < -0.4 is 10.2 Å². The van der Waals surface area contributed by atoms with Crippen molar-refractivity contribution in [3.05, 3.63) is 29.8 Å². The van der Waals surface area contributed by atoms with Gasteiger partial charge in [-0.05, 0) is 30.9 Å². The van der Waals surface area contributed by atoms with Gasteiger partial charge in [-0.15, -0.1) is 0 Å². The van der Waals surface area contributed by atoms with Crippen LogP contribution in [0.25, 0.3) is 0 Å². The molecular formula is C18H23N3O3. The van der Waals surface area contributed by atoms with Gasteiger partial charge in [-0.1, -0.05) is 18.2 Å². The van der Waals surface area contributed by atoms with Gasteiger partial charge in [-0.25, -0.2) is 0 Å². The van der Waals surface area contributed by atoms with Crippen LogP contribution in [0.4, 0.5) is 5.69 Å². The van der Waals surface area contributed by atoms with Gasteiger partial charge in [0.05, 0.1) is 6.54 Å². The van der Waals surface area contributed by atoms with Crippen molar-refractivity contribution in [3.63, 3.8) is 0 Å². The Balaban J connectivity index is 1.49. The number of likely N-dealkylation sites (tertiary alicyclic amines) is 1. The molecule has 1 fully saturated rings. The van der Waals surface area contributed by atoms with Crippen molar-refractivity contribution in [2.75, 3.05) is 31.1 Å². The summed E-state index contributed by atoms with van der Waals surface area (Å²) in [7, 11) is 0. The number of amides is 3. The summed E-state index contributed by atoms with van der Waals surface area (Å²) in [4.78, 5) is 39.5. The van der Waals surface area contributed by atoms with Crippen molar-refractivity contribution in [1.29, 1.82) is 0 Å². The van der Waals surface area contributed by atoms with E-state index in [1.54, 1.807) is 16.7 Å². The van der Waals surface area contributed by atoms with Gasteiger partial charge in [-0.2, -0.15) is 0 Å². The largest absolute Gasteiger partial charge is 0.347 e. The first-order valence-corrected chi connectivity index (χ1v) is 8.48. The fourth-order valence-electron chi connectivity index (χ4n) is 3.46. The molecule has 24 heavy (non-hydrogen) atoms. The van der Waals surface area contributed by atoms with Crippen LogP contribution in [0.5, 0.6) is 0 Å². The van der Waals surface area contributed by atoms with Crippen molar-refractivity contribution in [1.82, 2.24) is 10.2 Å². The standard InChI is InChI=1S/C18H23N3O3/c1-13(22)20-9-6-15(7-10-20)18(24)19-12-17(23)21-11-8-14-4-2-3-5-16(14)21/h2-5,15H,6-12H2,1H3,(H,19,24). The quantitative estimate of drug-likeness (QED) is 0.898. The molecular weight excluding hydrogens is 306 g/mol. The van der Waals surface area contributed by atoms with Crippen molar-refractivity contribution in [3.8, 4) is 0 Å². The second-order valence-electron chi connectivity index (χ2n) is 6.42. The number of carbonyl (C=O) groups is 3. The van der Waals surface area contributed by atoms with E-state index in [9.17, 15) is 14.4 Å². The Morgan fingerprint density at radius 3 is 2.54 bits per heavy atom. The molecule has 1 N–H and O–H groups in total. The maximum Gasteiger partial charge on any atom is 0.246 e. The number of hydrogen-bond donors (Lipinski definition) is 1. The number of nitrogens with zero attached hydrogens (tertiary/aromatic N) is 2. The molecule has 0 unspecified atom stereocenters. The first-order chi connectivity index (χ1) is 11.6. The molecule has 0 spiro atoms. The molecule has 6 heteroatoms. The molecule has 0 bridgehead atoms. The van der Waals surface area contributed by atoms with Crippen molar-refractivity contribution < 1.29 is 14.4 Å². The maximum atomic E-state index is 12.4. The summed E-state index contributed by atoms with van der Waals surface area (Å²) in [6.07, 6.45) is 2.18. The lowest BCUT2D eigenvalue weighted by Crippen LogP contribution is -2.45. The summed E-state index contributed by atoms with van der Waals surface area (Å²) in [5, 5.41) is 2.77. The Labute approximate surface area is 141 Å². The third-order valence-corrected chi connectivity index (χ3v) is 4.91. The lowest BCUT2D eigenvalue weighted by molar-refractivity contribution is -0.134. The van der Waals surface area contributed by atoms with Gasteiger partial charge in [0, 0.05) is 38.2 Å². The lowest BCUT2D eigenvalue weighted by Gasteiger charge is -2.30. The molecule has 0 aromatic heterocycles. The van der Waals surface area contributed by atoms with E-state index in [1.165, 1.54) is 5.56 Å². The second-order valence-corrected chi connectivity index (χ2v) is 6.42. The highest BCUT2D eigenvalue weighted by atomic mass is 16.2. The lowest BCUT2D eigenvalue weighted by atomic mass is 9.96. The Morgan fingerprint density at radius 2 is 1.83 bits per heavy atom. The summed E-state index contributed by atoms with van der Waals surface area (Å²) in [5.41, 5.74) is 2.13. The zero-order chi connectivity index (χ0) is 17.1. The average Bonchev–Trinajstić information content (AvgIpc) is 3.03. The number of hydrogen-bond acceptors (Lipinski definition) is 3. The van der Waals surface area contributed by atoms with E-state index in [2.05, 4.69) is 5.32 Å². The van der Waals surface area contributed by atoms with Crippen LogP contribution in [0, 0.1) is 5.92 Å². The summed E-state index contributed by atoms with van der Waals surface area (Å²) >= 11 is 0. The molecule has 0 atom stereocenters. The average molecular weight is 329 g/mol. The van der Waals surface area contributed by atoms with Crippen LogP contribution in [0.1, 0.15) is 25.3 Å². The number of carbonyl (C=O) groups excluding carboxylic acids is 3. The minimum absolute atomic E-state index is 0.0279. The maximum absolute atomic E-state index is 12.4. The monoisotopic (exact) mass is 329 g/mol. The van der Waals surface area contributed by atoms with Gasteiger partial charge in [0.15, 0.2) is 0 Å². The van der Waals surface area contributed by atoms with E-state index in [4.69, 9.17) is 0 Å². The molecule has 6 nitrogen and oxygen atoms in total. The van der Waals surface area contributed by atoms with Crippen LogP contribution >= 0.6 is 0 Å². The van der Waals surface area contributed by atoms with Gasteiger partial charge in [0.2, 0.25) is 17.7 Å². The SMILES string of the molecule is CC(=O)N1CCC(C(=O)NCC(=O)N2CCc3ccccc32)CC1. The molecule has 3 rings (SSSR count). The number of nitrogens with one attached hydrogen (secondary N) is 1. The molecule has 2 heterocycles. The molecule has 1 aromatic carbocycles.